The molecule has 1 N–H and O–H groups in total. The minimum atomic E-state index is -0.397. The van der Waals surface area contributed by atoms with Crippen LogP contribution in [0, 0.1) is 0 Å². The first kappa shape index (κ1) is 20.4. The lowest BCUT2D eigenvalue weighted by Gasteiger charge is -2.22. The Balaban J connectivity index is 1.76. The fraction of sp³-hybridized carbons (Fsp3) is 0.500. The van der Waals surface area contributed by atoms with Crippen LogP contribution in [0.2, 0.25) is 0 Å². The van der Waals surface area contributed by atoms with E-state index in [1.165, 1.54) is 29.9 Å². The SMILES string of the molecule is COC(=O)CCn1c(SCC(=O)NC2CCCCC2)nc2ccccc2c1=O. The average Bonchev–Trinajstić information content (AvgIpc) is 2.72. The average molecular weight is 404 g/mol. The molecule has 0 radical (unpaired) electrons. The van der Waals surface area contributed by atoms with Gasteiger partial charge in [-0.05, 0) is 25.0 Å². The van der Waals surface area contributed by atoms with Crippen LogP contribution in [0.4, 0.5) is 0 Å². The number of carbonyl (C=O) groups excluding carboxylic acids is 2. The summed E-state index contributed by atoms with van der Waals surface area (Å²) in [5.74, 6) is -0.274. The van der Waals surface area contributed by atoms with Gasteiger partial charge in [0, 0.05) is 12.6 Å². The number of nitrogens with zero attached hydrogens (tertiary/aromatic N) is 2. The van der Waals surface area contributed by atoms with Crippen molar-refractivity contribution in [1.29, 1.82) is 0 Å². The number of para-hydroxylation sites is 1. The van der Waals surface area contributed by atoms with E-state index in [1.54, 1.807) is 18.2 Å². The number of benzene rings is 1. The molecule has 3 rings (SSSR count). The number of fused-ring (bicyclic) bond motifs is 1. The fourth-order valence-corrected chi connectivity index (χ4v) is 4.24. The zero-order chi connectivity index (χ0) is 19.9. The molecule has 0 saturated heterocycles. The number of carbonyl (C=O) groups is 2. The van der Waals surface area contributed by atoms with E-state index in [0.29, 0.717) is 16.1 Å². The van der Waals surface area contributed by atoms with Crippen LogP contribution in [-0.4, -0.2) is 40.3 Å². The zero-order valence-electron chi connectivity index (χ0n) is 16.0. The highest BCUT2D eigenvalue weighted by Gasteiger charge is 2.18. The molecule has 0 spiro atoms. The predicted molar refractivity (Wildman–Crippen MR) is 108 cm³/mol. The van der Waals surface area contributed by atoms with E-state index in [1.807, 2.05) is 6.07 Å². The maximum atomic E-state index is 12.9. The molecule has 1 aromatic heterocycles. The molecule has 1 aliphatic carbocycles. The summed E-state index contributed by atoms with van der Waals surface area (Å²) in [7, 11) is 1.31. The summed E-state index contributed by atoms with van der Waals surface area (Å²) >= 11 is 1.22. The van der Waals surface area contributed by atoms with Gasteiger partial charge in [-0.25, -0.2) is 4.98 Å². The molecule has 1 aromatic carbocycles. The first-order valence-corrected chi connectivity index (χ1v) is 10.6. The van der Waals surface area contributed by atoms with Gasteiger partial charge in [0.1, 0.15) is 0 Å². The molecule has 8 heteroatoms. The van der Waals surface area contributed by atoms with E-state index in [2.05, 4.69) is 15.0 Å². The second-order valence-electron chi connectivity index (χ2n) is 6.89. The van der Waals surface area contributed by atoms with E-state index < -0.39 is 5.97 Å². The summed E-state index contributed by atoms with van der Waals surface area (Å²) in [4.78, 5) is 41.3. The van der Waals surface area contributed by atoms with Gasteiger partial charge in [0.25, 0.3) is 5.56 Å². The largest absolute Gasteiger partial charge is 0.469 e. The lowest BCUT2D eigenvalue weighted by molar-refractivity contribution is -0.140. The number of nitrogens with one attached hydrogen (secondary N) is 1. The van der Waals surface area contributed by atoms with Crippen LogP contribution in [0.1, 0.15) is 38.5 Å². The van der Waals surface area contributed by atoms with Crippen LogP contribution >= 0.6 is 11.8 Å². The molecule has 150 valence electrons. The predicted octanol–water partition coefficient (Wildman–Crippen LogP) is 2.50. The third-order valence-electron chi connectivity index (χ3n) is 4.90. The number of esters is 1. The van der Waals surface area contributed by atoms with E-state index >= 15 is 0 Å². The first-order valence-electron chi connectivity index (χ1n) is 9.57. The van der Waals surface area contributed by atoms with E-state index in [-0.39, 0.29) is 36.2 Å². The smallest absolute Gasteiger partial charge is 0.307 e. The highest BCUT2D eigenvalue weighted by molar-refractivity contribution is 7.99. The molecular formula is C20H25N3O4S. The lowest BCUT2D eigenvalue weighted by atomic mass is 9.95. The van der Waals surface area contributed by atoms with Gasteiger partial charge in [-0.3, -0.25) is 19.0 Å². The monoisotopic (exact) mass is 403 g/mol. The van der Waals surface area contributed by atoms with Gasteiger partial charge in [0.2, 0.25) is 5.91 Å². The van der Waals surface area contributed by atoms with E-state index in [4.69, 9.17) is 0 Å². The summed E-state index contributed by atoms with van der Waals surface area (Å²) in [6, 6.07) is 7.32. The van der Waals surface area contributed by atoms with E-state index in [9.17, 15) is 14.4 Å². The molecule has 0 bridgehead atoms. The maximum Gasteiger partial charge on any atom is 0.307 e. The van der Waals surface area contributed by atoms with Gasteiger partial charge in [-0.2, -0.15) is 0 Å². The van der Waals surface area contributed by atoms with Crippen LogP contribution in [0.3, 0.4) is 0 Å². The Morgan fingerprint density at radius 1 is 1.25 bits per heavy atom. The summed E-state index contributed by atoms with van der Waals surface area (Å²) < 4.78 is 6.13. The number of rotatable bonds is 7. The number of hydrogen-bond acceptors (Lipinski definition) is 6. The van der Waals surface area contributed by atoms with Crippen LogP contribution < -0.4 is 10.9 Å². The third-order valence-corrected chi connectivity index (χ3v) is 5.87. The Hall–Kier alpha value is -2.35. The summed E-state index contributed by atoms with van der Waals surface area (Å²) in [5, 5.41) is 4.00. The first-order chi connectivity index (χ1) is 13.6. The summed E-state index contributed by atoms with van der Waals surface area (Å²) in [6.07, 6.45) is 5.64. The van der Waals surface area contributed by atoms with Crippen molar-refractivity contribution < 1.29 is 14.3 Å². The van der Waals surface area contributed by atoms with Gasteiger partial charge in [0.05, 0.1) is 30.2 Å². The molecule has 1 aliphatic rings. The topological polar surface area (TPSA) is 90.3 Å². The minimum Gasteiger partial charge on any atom is -0.469 e. The Kier molecular flexibility index (Phi) is 7.08. The Morgan fingerprint density at radius 3 is 2.75 bits per heavy atom. The molecular weight excluding hydrogens is 378 g/mol. The van der Waals surface area contributed by atoms with Crippen molar-refractivity contribution in [3.63, 3.8) is 0 Å². The van der Waals surface area contributed by atoms with Gasteiger partial charge >= 0.3 is 5.97 Å². The summed E-state index contributed by atoms with van der Waals surface area (Å²) in [5.41, 5.74) is 0.363. The number of methoxy groups -OCH3 is 1. The number of amides is 1. The normalized spacial score (nSPS) is 14.8. The molecule has 0 unspecified atom stereocenters. The highest BCUT2D eigenvalue weighted by Crippen LogP contribution is 2.20. The number of aromatic nitrogens is 2. The zero-order valence-corrected chi connectivity index (χ0v) is 16.8. The number of hydrogen-bond donors (Lipinski definition) is 1. The molecule has 1 heterocycles. The molecule has 1 amide bonds. The van der Waals surface area contributed by atoms with Crippen molar-refractivity contribution in [2.45, 2.75) is 56.3 Å². The molecule has 7 nitrogen and oxygen atoms in total. The maximum absolute atomic E-state index is 12.9. The second-order valence-corrected chi connectivity index (χ2v) is 7.83. The molecule has 0 atom stereocenters. The third kappa shape index (κ3) is 5.13. The van der Waals surface area contributed by atoms with Crippen molar-refractivity contribution in [2.24, 2.45) is 0 Å². The Bertz CT molecular complexity index is 906. The van der Waals surface area contributed by atoms with Gasteiger partial charge in [-0.15, -0.1) is 0 Å². The lowest BCUT2D eigenvalue weighted by Crippen LogP contribution is -2.37. The standard InChI is InChI=1S/C20H25N3O4S/c1-27-18(25)11-12-23-19(26)15-9-5-6-10-16(15)22-20(23)28-13-17(24)21-14-7-3-2-4-8-14/h5-6,9-10,14H,2-4,7-8,11-13H2,1H3,(H,21,24). The van der Waals surface area contributed by atoms with Crippen molar-refractivity contribution in [2.75, 3.05) is 12.9 Å². The van der Waals surface area contributed by atoms with Gasteiger partial charge in [-0.1, -0.05) is 43.2 Å². The van der Waals surface area contributed by atoms with Crippen molar-refractivity contribution in [3.8, 4) is 0 Å². The molecule has 1 saturated carbocycles. The van der Waals surface area contributed by atoms with Gasteiger partial charge < -0.3 is 10.1 Å². The molecule has 28 heavy (non-hydrogen) atoms. The van der Waals surface area contributed by atoms with E-state index in [0.717, 1.165) is 25.7 Å². The highest BCUT2D eigenvalue weighted by atomic mass is 32.2. The quantitative estimate of drug-likeness (QED) is 0.434. The molecule has 2 aromatic rings. The van der Waals surface area contributed by atoms with Crippen LogP contribution in [0.25, 0.3) is 10.9 Å². The van der Waals surface area contributed by atoms with Crippen molar-refractivity contribution >= 4 is 34.5 Å². The number of ether oxygens (including phenoxy) is 1. The fourth-order valence-electron chi connectivity index (χ4n) is 3.41. The van der Waals surface area contributed by atoms with Crippen LogP contribution in [0.15, 0.2) is 34.2 Å². The summed E-state index contributed by atoms with van der Waals surface area (Å²) in [6.45, 7) is 0.163. The van der Waals surface area contributed by atoms with Crippen molar-refractivity contribution in [1.82, 2.24) is 14.9 Å². The van der Waals surface area contributed by atoms with Crippen LogP contribution in [0.5, 0.6) is 0 Å². The molecule has 0 aliphatic heterocycles. The van der Waals surface area contributed by atoms with Crippen molar-refractivity contribution in [3.05, 3.63) is 34.6 Å². The Labute approximate surface area is 167 Å². The Morgan fingerprint density at radius 2 is 2.00 bits per heavy atom. The molecule has 1 fully saturated rings. The second kappa shape index (κ2) is 9.73. The van der Waals surface area contributed by atoms with Crippen LogP contribution in [-0.2, 0) is 20.9 Å². The van der Waals surface area contributed by atoms with Gasteiger partial charge in [0.15, 0.2) is 5.16 Å². The number of thioether (sulfide) groups is 1. The minimum absolute atomic E-state index is 0.0566.